The Kier molecular flexibility index (Phi) is 8.10. The van der Waals surface area contributed by atoms with Crippen molar-refractivity contribution >= 4 is 42.3 Å². The van der Waals surface area contributed by atoms with E-state index >= 15 is 0 Å². The van der Waals surface area contributed by atoms with Crippen LogP contribution in [0.3, 0.4) is 0 Å². The van der Waals surface area contributed by atoms with Gasteiger partial charge < -0.3 is 9.30 Å². The molecule has 0 saturated heterocycles. The van der Waals surface area contributed by atoms with Gasteiger partial charge in [0.15, 0.2) is 19.7 Å². The first-order chi connectivity index (χ1) is 19.8. The Balaban J connectivity index is 1.62. The van der Waals surface area contributed by atoms with E-state index in [4.69, 9.17) is 21.3 Å². The van der Waals surface area contributed by atoms with Gasteiger partial charge in [0.2, 0.25) is 0 Å². The fraction of sp³-hybridized carbons (Fsp3) is 0.167. The Hall–Kier alpha value is -3.80. The van der Waals surface area contributed by atoms with Crippen molar-refractivity contribution in [2.24, 2.45) is 0 Å². The number of hydrogen-bond donors (Lipinski definition) is 0. The highest BCUT2D eigenvalue weighted by Crippen LogP contribution is 2.31. The van der Waals surface area contributed by atoms with Gasteiger partial charge in [0, 0.05) is 29.5 Å². The number of alkyl halides is 2. The van der Waals surface area contributed by atoms with Crippen molar-refractivity contribution < 1.29 is 30.4 Å². The van der Waals surface area contributed by atoms with E-state index in [1.165, 1.54) is 36.4 Å². The number of nitrogens with zero attached hydrogens (tertiary/aromatic N) is 2. The molecule has 5 aromatic rings. The van der Waals surface area contributed by atoms with Crippen LogP contribution in [0.4, 0.5) is 8.78 Å². The number of benzene rings is 4. The minimum absolute atomic E-state index is 0.0211. The molecule has 218 valence electrons. The summed E-state index contributed by atoms with van der Waals surface area (Å²) in [5.41, 5.74) is 4.13. The van der Waals surface area contributed by atoms with Gasteiger partial charge in [-0.3, -0.25) is 0 Å². The normalized spacial score (nSPS) is 12.2. The molecule has 4 aromatic carbocycles. The lowest BCUT2D eigenvalue weighted by molar-refractivity contribution is -0.0504. The Morgan fingerprint density at radius 3 is 2.00 bits per heavy atom. The van der Waals surface area contributed by atoms with E-state index in [9.17, 15) is 25.6 Å². The Morgan fingerprint density at radius 2 is 1.40 bits per heavy atom. The number of aromatic nitrogens is 2. The lowest BCUT2D eigenvalue weighted by Gasteiger charge is -2.15. The first-order valence-corrected chi connectivity index (χ1v) is 16.8. The van der Waals surface area contributed by atoms with Crippen LogP contribution in [0.1, 0.15) is 17.0 Å². The molecular formula is C30H25ClF2N2O5S2. The molecule has 1 heterocycles. The molecule has 1 aromatic heterocycles. The van der Waals surface area contributed by atoms with Crippen molar-refractivity contribution in [3.05, 3.63) is 107 Å². The van der Waals surface area contributed by atoms with E-state index in [1.54, 1.807) is 30.3 Å². The lowest BCUT2D eigenvalue weighted by Crippen LogP contribution is -2.10. The third-order valence-electron chi connectivity index (χ3n) is 6.72. The highest BCUT2D eigenvalue weighted by molar-refractivity contribution is 7.91. The maximum atomic E-state index is 13.2. The molecule has 0 aliphatic carbocycles. The van der Waals surface area contributed by atoms with Crippen LogP contribution in [-0.2, 0) is 32.6 Å². The SMILES string of the molecule is CS(=O)(=O)c1ccc(Cc2nc3ccc(-c4ccc(S(C)(=O)=O)cc4)cc3n2Cc2cc(Cl)ccc2OC(F)F)cc1. The maximum absolute atomic E-state index is 13.2. The lowest BCUT2D eigenvalue weighted by atomic mass is 10.1. The molecule has 0 unspecified atom stereocenters. The topological polar surface area (TPSA) is 95.3 Å². The highest BCUT2D eigenvalue weighted by atomic mass is 35.5. The maximum Gasteiger partial charge on any atom is 0.387 e. The van der Waals surface area contributed by atoms with Crippen molar-refractivity contribution in [1.29, 1.82) is 0 Å². The zero-order valence-electron chi connectivity index (χ0n) is 22.5. The first-order valence-electron chi connectivity index (χ1n) is 12.6. The van der Waals surface area contributed by atoms with Crippen molar-refractivity contribution in [3.8, 4) is 16.9 Å². The second-order valence-electron chi connectivity index (χ2n) is 9.84. The fourth-order valence-electron chi connectivity index (χ4n) is 4.65. The van der Waals surface area contributed by atoms with Crippen LogP contribution < -0.4 is 4.74 Å². The number of fused-ring (bicyclic) bond motifs is 1. The molecule has 0 spiro atoms. The average molecular weight is 631 g/mol. The summed E-state index contributed by atoms with van der Waals surface area (Å²) < 4.78 is 80.7. The van der Waals surface area contributed by atoms with Gasteiger partial charge in [-0.15, -0.1) is 0 Å². The van der Waals surface area contributed by atoms with E-state index in [-0.39, 0.29) is 22.1 Å². The van der Waals surface area contributed by atoms with Gasteiger partial charge in [-0.1, -0.05) is 41.9 Å². The zero-order chi connectivity index (χ0) is 30.2. The third kappa shape index (κ3) is 6.64. The fourth-order valence-corrected chi connectivity index (χ4v) is 6.10. The molecule has 0 aliphatic rings. The predicted octanol–water partition coefficient (Wildman–Crippen LogP) is 6.40. The van der Waals surface area contributed by atoms with Crippen molar-refractivity contribution in [2.75, 3.05) is 12.5 Å². The molecule has 0 radical (unpaired) electrons. The number of hydrogen-bond acceptors (Lipinski definition) is 6. The molecule has 7 nitrogen and oxygen atoms in total. The first kappa shape index (κ1) is 29.7. The molecule has 0 amide bonds. The number of halogens is 3. The van der Waals surface area contributed by atoms with E-state index in [2.05, 4.69) is 0 Å². The van der Waals surface area contributed by atoms with Crippen LogP contribution in [0.15, 0.2) is 94.7 Å². The predicted molar refractivity (Wildman–Crippen MR) is 158 cm³/mol. The minimum Gasteiger partial charge on any atom is -0.434 e. The summed E-state index contributed by atoms with van der Waals surface area (Å²) >= 11 is 6.22. The van der Waals surface area contributed by atoms with E-state index in [0.717, 1.165) is 29.2 Å². The van der Waals surface area contributed by atoms with Gasteiger partial charge in [0.05, 0.1) is 27.4 Å². The Labute approximate surface area is 247 Å². The molecule has 0 aliphatic heterocycles. The molecular weight excluding hydrogens is 606 g/mol. The van der Waals surface area contributed by atoms with Gasteiger partial charge in [0.1, 0.15) is 11.6 Å². The third-order valence-corrected chi connectivity index (χ3v) is 9.22. The molecule has 42 heavy (non-hydrogen) atoms. The summed E-state index contributed by atoms with van der Waals surface area (Å²) in [6, 6.07) is 23.0. The van der Waals surface area contributed by atoms with Gasteiger partial charge in [-0.25, -0.2) is 21.8 Å². The summed E-state index contributed by atoms with van der Waals surface area (Å²) in [5, 5.41) is 0.348. The van der Waals surface area contributed by atoms with Crippen LogP contribution in [-0.4, -0.2) is 45.5 Å². The molecule has 0 fully saturated rings. The summed E-state index contributed by atoms with van der Waals surface area (Å²) in [6.07, 6.45) is 2.60. The van der Waals surface area contributed by atoms with Gasteiger partial charge in [0.25, 0.3) is 0 Å². The van der Waals surface area contributed by atoms with Crippen LogP contribution in [0, 0.1) is 0 Å². The quantitative estimate of drug-likeness (QED) is 0.187. The molecule has 0 saturated carbocycles. The monoisotopic (exact) mass is 630 g/mol. The van der Waals surface area contributed by atoms with Crippen molar-refractivity contribution in [1.82, 2.24) is 9.55 Å². The number of rotatable bonds is 9. The Bertz CT molecular complexity index is 1990. The number of imidazole rings is 1. The molecule has 0 N–H and O–H groups in total. The van der Waals surface area contributed by atoms with E-state index in [1.807, 2.05) is 22.8 Å². The largest absolute Gasteiger partial charge is 0.434 e. The Morgan fingerprint density at radius 1 is 0.810 bits per heavy atom. The van der Waals surface area contributed by atoms with Crippen LogP contribution >= 0.6 is 11.6 Å². The second-order valence-corrected chi connectivity index (χ2v) is 14.3. The van der Waals surface area contributed by atoms with Crippen LogP contribution in [0.25, 0.3) is 22.2 Å². The summed E-state index contributed by atoms with van der Waals surface area (Å²) in [4.78, 5) is 5.21. The van der Waals surface area contributed by atoms with Gasteiger partial charge in [-0.05, 0) is 71.3 Å². The molecule has 12 heteroatoms. The molecule has 0 atom stereocenters. The number of ether oxygens (including phenoxy) is 1. The summed E-state index contributed by atoms with van der Waals surface area (Å²) in [6.45, 7) is -2.93. The summed E-state index contributed by atoms with van der Waals surface area (Å²) in [5.74, 6) is 0.580. The van der Waals surface area contributed by atoms with Crippen LogP contribution in [0.2, 0.25) is 5.02 Å². The van der Waals surface area contributed by atoms with E-state index < -0.39 is 26.3 Å². The molecule has 5 rings (SSSR count). The second kappa shape index (κ2) is 11.5. The van der Waals surface area contributed by atoms with E-state index in [0.29, 0.717) is 33.9 Å². The standard InChI is InChI=1S/C30H25ClF2N2O5S2/c1-41(36,37)24-9-3-19(4-10-24)15-29-34-26-13-7-21(20-5-11-25(12-6-20)42(2,38)39)17-27(26)35(29)18-22-16-23(31)8-14-28(22)40-30(32)33/h3-14,16-17,30H,15,18H2,1-2H3. The zero-order valence-corrected chi connectivity index (χ0v) is 24.8. The van der Waals surface area contributed by atoms with Gasteiger partial charge in [-0.2, -0.15) is 8.78 Å². The molecule has 0 bridgehead atoms. The number of sulfone groups is 2. The van der Waals surface area contributed by atoms with Gasteiger partial charge >= 0.3 is 6.61 Å². The summed E-state index contributed by atoms with van der Waals surface area (Å²) in [7, 11) is -6.72. The van der Waals surface area contributed by atoms with Crippen LogP contribution in [0.5, 0.6) is 5.75 Å². The highest BCUT2D eigenvalue weighted by Gasteiger charge is 2.18. The minimum atomic E-state index is -3.36. The smallest absolute Gasteiger partial charge is 0.387 e. The van der Waals surface area contributed by atoms with Crippen molar-refractivity contribution in [2.45, 2.75) is 29.4 Å². The average Bonchev–Trinajstić information content (AvgIpc) is 3.25. The van der Waals surface area contributed by atoms with Crippen molar-refractivity contribution in [3.63, 3.8) is 0 Å².